The van der Waals surface area contributed by atoms with Crippen molar-refractivity contribution in [1.29, 1.82) is 0 Å². The molecule has 0 bridgehead atoms. The number of alkyl halides is 2. The zero-order valence-corrected chi connectivity index (χ0v) is 12.0. The fourth-order valence-electron chi connectivity index (χ4n) is 2.14. The van der Waals surface area contributed by atoms with Crippen molar-refractivity contribution < 1.29 is 13.5 Å². The van der Waals surface area contributed by atoms with Gasteiger partial charge in [0.2, 0.25) is 0 Å². The van der Waals surface area contributed by atoms with Crippen molar-refractivity contribution in [3.8, 4) is 5.75 Å². The molecule has 0 fully saturated rings. The predicted octanol–water partition coefficient (Wildman–Crippen LogP) is 3.93. The molecule has 21 heavy (non-hydrogen) atoms. The van der Waals surface area contributed by atoms with Gasteiger partial charge in [-0.25, -0.2) is 0 Å². The summed E-state index contributed by atoms with van der Waals surface area (Å²) < 4.78 is 28.4. The normalized spacial score (nSPS) is 10.9. The highest BCUT2D eigenvalue weighted by Gasteiger charge is 2.03. The average Bonchev–Trinajstić information content (AvgIpc) is 2.46. The summed E-state index contributed by atoms with van der Waals surface area (Å²) in [7, 11) is 0. The van der Waals surface area contributed by atoms with Gasteiger partial charge in [-0.3, -0.25) is 0 Å². The molecule has 112 valence electrons. The molecule has 1 N–H and O–H groups in total. The zero-order valence-electron chi connectivity index (χ0n) is 12.0. The second-order valence-corrected chi connectivity index (χ2v) is 4.88. The van der Waals surface area contributed by atoms with E-state index < -0.39 is 6.61 Å². The summed E-state index contributed by atoms with van der Waals surface area (Å²) in [5.41, 5.74) is 3.68. The molecule has 0 aliphatic carbocycles. The lowest BCUT2D eigenvalue weighted by Gasteiger charge is -2.08. The van der Waals surface area contributed by atoms with Gasteiger partial charge in [-0.05, 0) is 48.7 Å². The molecule has 0 spiro atoms. The van der Waals surface area contributed by atoms with Crippen LogP contribution in [0.2, 0.25) is 0 Å². The van der Waals surface area contributed by atoms with Crippen molar-refractivity contribution in [1.82, 2.24) is 5.32 Å². The molecule has 0 aliphatic heterocycles. The third-order valence-corrected chi connectivity index (χ3v) is 3.31. The number of ether oxygens (including phenoxy) is 1. The van der Waals surface area contributed by atoms with Gasteiger partial charge in [0.05, 0.1) is 0 Å². The Balaban J connectivity index is 1.75. The van der Waals surface area contributed by atoms with Crippen molar-refractivity contribution in [2.45, 2.75) is 26.5 Å². The Kier molecular flexibility index (Phi) is 5.69. The van der Waals surface area contributed by atoms with Gasteiger partial charge in [0.25, 0.3) is 0 Å². The Morgan fingerprint density at radius 3 is 2.43 bits per heavy atom. The van der Waals surface area contributed by atoms with Crippen molar-refractivity contribution >= 4 is 0 Å². The SMILES string of the molecule is Cc1ccccc1CCNCc1ccc(OC(F)F)cc1. The quantitative estimate of drug-likeness (QED) is 0.780. The lowest BCUT2D eigenvalue weighted by Crippen LogP contribution is -2.17. The zero-order chi connectivity index (χ0) is 15.1. The summed E-state index contributed by atoms with van der Waals surface area (Å²) in [4.78, 5) is 0. The van der Waals surface area contributed by atoms with Crippen molar-refractivity contribution in [2.75, 3.05) is 6.54 Å². The Morgan fingerprint density at radius 2 is 1.76 bits per heavy atom. The first-order valence-electron chi connectivity index (χ1n) is 6.94. The molecule has 0 atom stereocenters. The minimum atomic E-state index is -2.77. The van der Waals surface area contributed by atoms with E-state index in [4.69, 9.17) is 0 Å². The number of benzene rings is 2. The van der Waals surface area contributed by atoms with Crippen LogP contribution >= 0.6 is 0 Å². The summed E-state index contributed by atoms with van der Waals surface area (Å²) in [5.74, 6) is 0.189. The molecule has 0 radical (unpaired) electrons. The molecule has 0 saturated heterocycles. The molecule has 2 rings (SSSR count). The van der Waals surface area contributed by atoms with Crippen LogP contribution in [-0.4, -0.2) is 13.2 Å². The fourth-order valence-corrected chi connectivity index (χ4v) is 2.14. The fraction of sp³-hybridized carbons (Fsp3) is 0.294. The van der Waals surface area contributed by atoms with Crippen LogP contribution in [-0.2, 0) is 13.0 Å². The maximum atomic E-state index is 12.0. The van der Waals surface area contributed by atoms with E-state index in [0.29, 0.717) is 6.54 Å². The molecular weight excluding hydrogens is 272 g/mol. The van der Waals surface area contributed by atoms with Crippen LogP contribution in [0.1, 0.15) is 16.7 Å². The average molecular weight is 291 g/mol. The molecule has 0 unspecified atom stereocenters. The van der Waals surface area contributed by atoms with Gasteiger partial charge in [-0.1, -0.05) is 36.4 Å². The summed E-state index contributed by atoms with van der Waals surface area (Å²) in [6.45, 7) is 0.918. The van der Waals surface area contributed by atoms with Gasteiger partial charge in [0.1, 0.15) is 5.75 Å². The topological polar surface area (TPSA) is 21.3 Å². The molecule has 0 amide bonds. The van der Waals surface area contributed by atoms with Crippen molar-refractivity contribution in [3.05, 3.63) is 65.2 Å². The first-order chi connectivity index (χ1) is 10.1. The third kappa shape index (κ3) is 5.16. The number of hydrogen-bond acceptors (Lipinski definition) is 2. The van der Waals surface area contributed by atoms with Gasteiger partial charge in [-0.15, -0.1) is 0 Å². The smallest absolute Gasteiger partial charge is 0.387 e. The van der Waals surface area contributed by atoms with Crippen LogP contribution in [0.15, 0.2) is 48.5 Å². The summed E-state index contributed by atoms with van der Waals surface area (Å²) >= 11 is 0. The van der Waals surface area contributed by atoms with E-state index in [0.717, 1.165) is 18.5 Å². The number of rotatable bonds is 7. The van der Waals surface area contributed by atoms with Crippen LogP contribution in [0.3, 0.4) is 0 Å². The van der Waals surface area contributed by atoms with Gasteiger partial charge in [0.15, 0.2) is 0 Å². The van der Waals surface area contributed by atoms with E-state index >= 15 is 0 Å². The highest BCUT2D eigenvalue weighted by atomic mass is 19.3. The number of halogens is 2. The number of aryl methyl sites for hydroxylation is 1. The van der Waals surface area contributed by atoms with Crippen LogP contribution in [0, 0.1) is 6.92 Å². The van der Waals surface area contributed by atoms with Gasteiger partial charge in [-0.2, -0.15) is 8.78 Å². The molecular formula is C17H19F2NO. The molecule has 4 heteroatoms. The summed E-state index contributed by atoms with van der Waals surface area (Å²) in [6.07, 6.45) is 0.971. The van der Waals surface area contributed by atoms with Crippen LogP contribution < -0.4 is 10.1 Å². The monoisotopic (exact) mass is 291 g/mol. The van der Waals surface area contributed by atoms with E-state index in [1.54, 1.807) is 24.3 Å². The molecule has 2 nitrogen and oxygen atoms in total. The van der Waals surface area contributed by atoms with E-state index in [2.05, 4.69) is 29.1 Å². The molecule has 0 aliphatic rings. The summed E-state index contributed by atoms with van der Waals surface area (Å²) in [6, 6.07) is 15.0. The predicted molar refractivity (Wildman–Crippen MR) is 79.7 cm³/mol. The Hall–Kier alpha value is -1.94. The number of nitrogens with one attached hydrogen (secondary N) is 1. The third-order valence-electron chi connectivity index (χ3n) is 3.31. The van der Waals surface area contributed by atoms with E-state index in [1.807, 2.05) is 12.1 Å². The largest absolute Gasteiger partial charge is 0.435 e. The van der Waals surface area contributed by atoms with Crippen molar-refractivity contribution in [2.24, 2.45) is 0 Å². The molecule has 0 saturated carbocycles. The minimum Gasteiger partial charge on any atom is -0.435 e. The molecule has 2 aromatic carbocycles. The van der Waals surface area contributed by atoms with Gasteiger partial charge >= 0.3 is 6.61 Å². The lowest BCUT2D eigenvalue weighted by atomic mass is 10.1. The Labute approximate surface area is 123 Å². The minimum absolute atomic E-state index is 0.189. The van der Waals surface area contributed by atoms with E-state index in [1.165, 1.54) is 11.1 Å². The van der Waals surface area contributed by atoms with Crippen LogP contribution in [0.25, 0.3) is 0 Å². The van der Waals surface area contributed by atoms with Gasteiger partial charge in [0, 0.05) is 6.54 Å². The lowest BCUT2D eigenvalue weighted by molar-refractivity contribution is -0.0498. The maximum absolute atomic E-state index is 12.0. The second kappa shape index (κ2) is 7.74. The molecule has 0 heterocycles. The molecule has 0 aromatic heterocycles. The van der Waals surface area contributed by atoms with Crippen molar-refractivity contribution in [3.63, 3.8) is 0 Å². The standard InChI is InChI=1S/C17H19F2NO/c1-13-4-2-3-5-15(13)10-11-20-12-14-6-8-16(9-7-14)21-17(18)19/h2-9,17,20H,10-12H2,1H3. The second-order valence-electron chi connectivity index (χ2n) is 4.88. The first kappa shape index (κ1) is 15.4. The van der Waals surface area contributed by atoms with Gasteiger partial charge < -0.3 is 10.1 Å². The Morgan fingerprint density at radius 1 is 1.05 bits per heavy atom. The maximum Gasteiger partial charge on any atom is 0.387 e. The highest BCUT2D eigenvalue weighted by molar-refractivity contribution is 5.27. The van der Waals surface area contributed by atoms with Crippen LogP contribution in [0.4, 0.5) is 8.78 Å². The first-order valence-corrected chi connectivity index (χ1v) is 6.94. The number of hydrogen-bond donors (Lipinski definition) is 1. The van der Waals surface area contributed by atoms with E-state index in [9.17, 15) is 8.78 Å². The van der Waals surface area contributed by atoms with Crippen LogP contribution in [0.5, 0.6) is 5.75 Å². The van der Waals surface area contributed by atoms with E-state index in [-0.39, 0.29) is 5.75 Å². The molecule has 2 aromatic rings. The summed E-state index contributed by atoms with van der Waals surface area (Å²) in [5, 5.41) is 3.35. The highest BCUT2D eigenvalue weighted by Crippen LogP contribution is 2.14. The Bertz CT molecular complexity index is 555.